The zero-order chi connectivity index (χ0) is 14.7. The van der Waals surface area contributed by atoms with Gasteiger partial charge in [-0.25, -0.2) is 0 Å². The lowest BCUT2D eigenvalue weighted by Gasteiger charge is -2.16. The molecule has 0 aromatic rings. The Balaban J connectivity index is 1.71. The van der Waals surface area contributed by atoms with Crippen LogP contribution in [0.1, 0.15) is 19.8 Å². The molecular weight excluding hydrogens is 260 g/mol. The van der Waals surface area contributed by atoms with Gasteiger partial charge in [0, 0.05) is 32.1 Å². The maximum Gasteiger partial charge on any atom is 0.246 e. The van der Waals surface area contributed by atoms with E-state index in [4.69, 9.17) is 5.73 Å². The zero-order valence-electron chi connectivity index (χ0n) is 11.8. The van der Waals surface area contributed by atoms with Crippen molar-refractivity contribution in [2.45, 2.75) is 25.8 Å². The van der Waals surface area contributed by atoms with Crippen molar-refractivity contribution < 1.29 is 14.4 Å². The first-order chi connectivity index (χ1) is 9.45. The highest BCUT2D eigenvalue weighted by Gasteiger charge is 2.28. The normalized spacial score (nSPS) is 27.1. The second-order valence-electron chi connectivity index (χ2n) is 5.73. The van der Waals surface area contributed by atoms with Crippen molar-refractivity contribution in [3.63, 3.8) is 0 Å². The first-order valence-corrected chi connectivity index (χ1v) is 7.04. The highest BCUT2D eigenvalue weighted by Crippen LogP contribution is 2.13. The Kier molecular flexibility index (Phi) is 4.72. The fraction of sp³-hybridized carbons (Fsp3) is 0.769. The van der Waals surface area contributed by atoms with Crippen LogP contribution >= 0.6 is 0 Å². The molecule has 0 bridgehead atoms. The van der Waals surface area contributed by atoms with Gasteiger partial charge in [0.15, 0.2) is 0 Å². The van der Waals surface area contributed by atoms with E-state index in [1.165, 1.54) is 4.90 Å². The van der Waals surface area contributed by atoms with Gasteiger partial charge in [-0.05, 0) is 12.3 Å². The third-order valence-corrected chi connectivity index (χ3v) is 3.90. The summed E-state index contributed by atoms with van der Waals surface area (Å²) in [5.74, 6) is -0.405. The summed E-state index contributed by atoms with van der Waals surface area (Å²) in [6.07, 6.45) is 1.27. The molecule has 2 heterocycles. The van der Waals surface area contributed by atoms with Crippen molar-refractivity contribution in [1.29, 1.82) is 0 Å². The maximum atomic E-state index is 11.8. The van der Waals surface area contributed by atoms with Gasteiger partial charge in [0.1, 0.15) is 0 Å². The second-order valence-corrected chi connectivity index (χ2v) is 5.73. The van der Waals surface area contributed by atoms with Crippen LogP contribution in [-0.4, -0.2) is 66.3 Å². The smallest absolute Gasteiger partial charge is 0.246 e. The number of hydrogen-bond acceptors (Lipinski definition) is 5. The molecule has 0 spiro atoms. The summed E-state index contributed by atoms with van der Waals surface area (Å²) in [5, 5.41) is 2.33. The molecule has 7 nitrogen and oxygen atoms in total. The minimum Gasteiger partial charge on any atom is -0.333 e. The predicted molar refractivity (Wildman–Crippen MR) is 72.5 cm³/mol. The number of imide groups is 1. The van der Waals surface area contributed by atoms with Crippen LogP contribution in [0.15, 0.2) is 0 Å². The van der Waals surface area contributed by atoms with Gasteiger partial charge in [0.25, 0.3) is 0 Å². The lowest BCUT2D eigenvalue weighted by molar-refractivity contribution is -0.136. The van der Waals surface area contributed by atoms with Gasteiger partial charge < -0.3 is 10.6 Å². The molecule has 0 saturated carbocycles. The summed E-state index contributed by atoms with van der Waals surface area (Å²) in [7, 11) is 0. The molecule has 7 heteroatoms. The summed E-state index contributed by atoms with van der Waals surface area (Å²) in [5.41, 5.74) is 5.89. The van der Waals surface area contributed by atoms with Gasteiger partial charge in [-0.3, -0.25) is 24.6 Å². The van der Waals surface area contributed by atoms with E-state index in [0.717, 1.165) is 13.0 Å². The van der Waals surface area contributed by atoms with Crippen molar-refractivity contribution in [3.8, 4) is 0 Å². The number of hydrogen-bond donors (Lipinski definition) is 2. The molecule has 2 rings (SSSR count). The lowest BCUT2D eigenvalue weighted by Crippen LogP contribution is -2.44. The molecule has 2 saturated heterocycles. The Morgan fingerprint density at radius 2 is 2.00 bits per heavy atom. The summed E-state index contributed by atoms with van der Waals surface area (Å²) in [6, 6.07) is 0.0840. The second kappa shape index (κ2) is 6.32. The van der Waals surface area contributed by atoms with Crippen molar-refractivity contribution in [2.75, 3.05) is 32.7 Å². The molecule has 0 aromatic carbocycles. The van der Waals surface area contributed by atoms with E-state index in [2.05, 4.69) is 5.32 Å². The summed E-state index contributed by atoms with van der Waals surface area (Å²) >= 11 is 0. The van der Waals surface area contributed by atoms with Crippen LogP contribution in [-0.2, 0) is 14.4 Å². The first kappa shape index (κ1) is 14.9. The zero-order valence-corrected chi connectivity index (χ0v) is 11.8. The molecule has 0 radical (unpaired) electrons. The number of carbonyl (C=O) groups is 3. The highest BCUT2D eigenvalue weighted by atomic mass is 16.2. The van der Waals surface area contributed by atoms with Gasteiger partial charge in [-0.2, -0.15) is 0 Å². The van der Waals surface area contributed by atoms with Crippen LogP contribution in [0.4, 0.5) is 0 Å². The highest BCUT2D eigenvalue weighted by molar-refractivity contribution is 5.98. The first-order valence-electron chi connectivity index (χ1n) is 7.04. The Morgan fingerprint density at radius 3 is 2.55 bits per heavy atom. The number of rotatable bonds is 4. The molecule has 112 valence electrons. The third kappa shape index (κ3) is 3.77. The monoisotopic (exact) mass is 282 g/mol. The SMILES string of the molecule is CC1CN(CC(=O)NC(=O)CN2CCCC2=O)CC1N. The molecule has 2 aliphatic heterocycles. The molecule has 0 aliphatic carbocycles. The molecule has 3 amide bonds. The maximum absolute atomic E-state index is 11.8. The van der Waals surface area contributed by atoms with Gasteiger partial charge in [0.05, 0.1) is 13.1 Å². The van der Waals surface area contributed by atoms with Crippen molar-refractivity contribution in [2.24, 2.45) is 11.7 Å². The van der Waals surface area contributed by atoms with Crippen molar-refractivity contribution >= 4 is 17.7 Å². The van der Waals surface area contributed by atoms with Crippen LogP contribution in [0.25, 0.3) is 0 Å². The van der Waals surface area contributed by atoms with E-state index in [9.17, 15) is 14.4 Å². The van der Waals surface area contributed by atoms with Crippen LogP contribution in [0, 0.1) is 5.92 Å². The number of carbonyl (C=O) groups excluding carboxylic acids is 3. The van der Waals surface area contributed by atoms with E-state index >= 15 is 0 Å². The number of nitrogens with one attached hydrogen (secondary N) is 1. The Bertz CT molecular complexity index is 402. The molecule has 0 aromatic heterocycles. The Hall–Kier alpha value is -1.47. The van der Waals surface area contributed by atoms with Gasteiger partial charge >= 0.3 is 0 Å². The number of nitrogens with zero attached hydrogens (tertiary/aromatic N) is 2. The Labute approximate surface area is 118 Å². The average molecular weight is 282 g/mol. The molecule has 3 N–H and O–H groups in total. The standard InChI is InChI=1S/C13H22N4O3/c1-9-5-16(6-10(9)14)7-11(18)15-12(19)8-17-4-2-3-13(17)20/h9-10H,2-8,14H2,1H3,(H,15,18,19). The largest absolute Gasteiger partial charge is 0.333 e. The van der Waals surface area contributed by atoms with Gasteiger partial charge in [-0.15, -0.1) is 0 Å². The van der Waals surface area contributed by atoms with Gasteiger partial charge in [-0.1, -0.05) is 6.92 Å². The van der Waals surface area contributed by atoms with Crippen molar-refractivity contribution in [1.82, 2.24) is 15.1 Å². The number of nitrogens with two attached hydrogens (primary N) is 1. The fourth-order valence-electron chi connectivity index (χ4n) is 2.71. The molecular formula is C13H22N4O3. The quantitative estimate of drug-likeness (QED) is 0.656. The van der Waals surface area contributed by atoms with Crippen LogP contribution in [0.3, 0.4) is 0 Å². The van der Waals surface area contributed by atoms with E-state index in [-0.39, 0.29) is 30.9 Å². The third-order valence-electron chi connectivity index (χ3n) is 3.90. The topological polar surface area (TPSA) is 95.7 Å². The fourth-order valence-corrected chi connectivity index (χ4v) is 2.71. The molecule has 20 heavy (non-hydrogen) atoms. The minimum absolute atomic E-state index is 0.0214. The molecule has 2 atom stereocenters. The lowest BCUT2D eigenvalue weighted by atomic mass is 10.1. The van der Waals surface area contributed by atoms with E-state index in [0.29, 0.717) is 25.4 Å². The predicted octanol–water partition coefficient (Wildman–Crippen LogP) is -1.47. The minimum atomic E-state index is -0.415. The van der Waals surface area contributed by atoms with Crippen LogP contribution in [0.2, 0.25) is 0 Å². The van der Waals surface area contributed by atoms with Crippen LogP contribution < -0.4 is 11.1 Å². The Morgan fingerprint density at radius 1 is 1.30 bits per heavy atom. The van der Waals surface area contributed by atoms with Crippen molar-refractivity contribution in [3.05, 3.63) is 0 Å². The average Bonchev–Trinajstić information content (AvgIpc) is 2.86. The summed E-state index contributed by atoms with van der Waals surface area (Å²) < 4.78 is 0. The number of likely N-dealkylation sites (tertiary alicyclic amines) is 2. The van der Waals surface area contributed by atoms with E-state index < -0.39 is 5.91 Å². The molecule has 2 fully saturated rings. The van der Waals surface area contributed by atoms with E-state index in [1.54, 1.807) is 0 Å². The summed E-state index contributed by atoms with van der Waals surface area (Å²) in [6.45, 7) is 4.24. The van der Waals surface area contributed by atoms with Gasteiger partial charge in [0.2, 0.25) is 17.7 Å². The number of amides is 3. The molecule has 2 unspecified atom stereocenters. The molecule has 2 aliphatic rings. The summed E-state index contributed by atoms with van der Waals surface area (Å²) in [4.78, 5) is 38.3. The van der Waals surface area contributed by atoms with E-state index in [1.807, 2.05) is 11.8 Å². The van der Waals surface area contributed by atoms with Crippen LogP contribution in [0.5, 0.6) is 0 Å².